The van der Waals surface area contributed by atoms with Crippen LogP contribution in [0, 0.1) is 5.41 Å². The Morgan fingerprint density at radius 3 is 2.58 bits per heavy atom. The van der Waals surface area contributed by atoms with Crippen molar-refractivity contribution >= 4 is 5.84 Å². The summed E-state index contributed by atoms with van der Waals surface area (Å²) in [7, 11) is 0. The van der Waals surface area contributed by atoms with Crippen molar-refractivity contribution in [2.75, 3.05) is 6.54 Å². The van der Waals surface area contributed by atoms with Crippen LogP contribution in [0.4, 0.5) is 0 Å². The largest absolute Gasteiger partial charge is 0.409 e. The molecule has 0 heterocycles. The SMILES string of the molecule is C[C@@H](NCCCC(C)(C)C(N)=NO)c1ccccc1. The van der Waals surface area contributed by atoms with Gasteiger partial charge in [0, 0.05) is 11.5 Å². The summed E-state index contributed by atoms with van der Waals surface area (Å²) in [6.45, 7) is 7.05. The van der Waals surface area contributed by atoms with Crippen LogP contribution in [0.5, 0.6) is 0 Å². The van der Waals surface area contributed by atoms with Gasteiger partial charge in [0.2, 0.25) is 0 Å². The summed E-state index contributed by atoms with van der Waals surface area (Å²) in [6.07, 6.45) is 1.87. The highest BCUT2D eigenvalue weighted by Crippen LogP contribution is 2.22. The molecule has 0 saturated carbocycles. The molecular weight excluding hydrogens is 238 g/mol. The van der Waals surface area contributed by atoms with Crippen molar-refractivity contribution in [2.24, 2.45) is 16.3 Å². The minimum Gasteiger partial charge on any atom is -0.409 e. The average molecular weight is 263 g/mol. The molecule has 0 aliphatic carbocycles. The van der Waals surface area contributed by atoms with Gasteiger partial charge in [-0.05, 0) is 31.9 Å². The lowest BCUT2D eigenvalue weighted by molar-refractivity contribution is 0.304. The van der Waals surface area contributed by atoms with Gasteiger partial charge in [-0.25, -0.2) is 0 Å². The Morgan fingerprint density at radius 2 is 2.00 bits per heavy atom. The van der Waals surface area contributed by atoms with Gasteiger partial charge in [-0.3, -0.25) is 0 Å². The van der Waals surface area contributed by atoms with Crippen molar-refractivity contribution < 1.29 is 5.21 Å². The summed E-state index contributed by atoms with van der Waals surface area (Å²) >= 11 is 0. The Bertz CT molecular complexity index is 401. The fourth-order valence-corrected chi connectivity index (χ4v) is 1.97. The van der Waals surface area contributed by atoms with Crippen molar-refractivity contribution in [3.63, 3.8) is 0 Å². The molecule has 1 rings (SSSR count). The highest BCUT2D eigenvalue weighted by atomic mass is 16.4. The van der Waals surface area contributed by atoms with Crippen molar-refractivity contribution in [3.05, 3.63) is 35.9 Å². The van der Waals surface area contributed by atoms with Gasteiger partial charge >= 0.3 is 0 Å². The lowest BCUT2D eigenvalue weighted by Crippen LogP contribution is -2.32. The summed E-state index contributed by atoms with van der Waals surface area (Å²) in [4.78, 5) is 0. The highest BCUT2D eigenvalue weighted by molar-refractivity contribution is 5.85. The molecule has 1 atom stereocenters. The number of rotatable bonds is 7. The zero-order valence-electron chi connectivity index (χ0n) is 12.1. The maximum Gasteiger partial charge on any atom is 0.144 e. The zero-order chi connectivity index (χ0) is 14.3. The molecule has 0 amide bonds. The number of hydrogen-bond acceptors (Lipinski definition) is 3. The van der Waals surface area contributed by atoms with Crippen LogP contribution in [0.25, 0.3) is 0 Å². The van der Waals surface area contributed by atoms with E-state index in [9.17, 15) is 0 Å². The molecule has 0 unspecified atom stereocenters. The van der Waals surface area contributed by atoms with Crippen LogP contribution >= 0.6 is 0 Å². The van der Waals surface area contributed by atoms with Gasteiger partial charge in [0.1, 0.15) is 5.84 Å². The molecule has 0 saturated heterocycles. The van der Waals surface area contributed by atoms with Crippen LogP contribution in [-0.2, 0) is 0 Å². The Hall–Kier alpha value is -1.55. The van der Waals surface area contributed by atoms with Gasteiger partial charge in [0.25, 0.3) is 0 Å². The molecule has 4 N–H and O–H groups in total. The van der Waals surface area contributed by atoms with E-state index in [4.69, 9.17) is 10.9 Å². The maximum absolute atomic E-state index is 8.71. The van der Waals surface area contributed by atoms with Gasteiger partial charge in [0.05, 0.1) is 0 Å². The van der Waals surface area contributed by atoms with Crippen LogP contribution in [-0.4, -0.2) is 17.6 Å². The van der Waals surface area contributed by atoms with Gasteiger partial charge in [-0.15, -0.1) is 0 Å². The Labute approximate surface area is 115 Å². The van der Waals surface area contributed by atoms with Crippen molar-refractivity contribution in [1.29, 1.82) is 0 Å². The van der Waals surface area contributed by atoms with Crippen LogP contribution in [0.1, 0.15) is 45.2 Å². The van der Waals surface area contributed by atoms with E-state index in [-0.39, 0.29) is 5.41 Å². The van der Waals surface area contributed by atoms with E-state index in [1.807, 2.05) is 19.9 Å². The molecule has 1 aromatic rings. The van der Waals surface area contributed by atoms with Crippen LogP contribution in [0.2, 0.25) is 0 Å². The third kappa shape index (κ3) is 4.91. The third-order valence-corrected chi connectivity index (χ3v) is 3.53. The van der Waals surface area contributed by atoms with E-state index in [2.05, 4.69) is 41.7 Å². The number of hydrogen-bond donors (Lipinski definition) is 3. The second-order valence-corrected chi connectivity index (χ2v) is 5.56. The summed E-state index contributed by atoms with van der Waals surface area (Å²) < 4.78 is 0. The van der Waals surface area contributed by atoms with Crippen LogP contribution < -0.4 is 11.1 Å². The van der Waals surface area contributed by atoms with E-state index >= 15 is 0 Å². The van der Waals surface area contributed by atoms with Gasteiger partial charge in [-0.1, -0.05) is 49.3 Å². The molecular formula is C15H25N3O. The first-order valence-electron chi connectivity index (χ1n) is 6.73. The number of nitrogens with two attached hydrogens (primary N) is 1. The monoisotopic (exact) mass is 263 g/mol. The first kappa shape index (κ1) is 15.5. The van der Waals surface area contributed by atoms with Crippen LogP contribution in [0.3, 0.4) is 0 Å². The van der Waals surface area contributed by atoms with E-state index in [0.717, 1.165) is 19.4 Å². The molecule has 0 aliphatic heterocycles. The summed E-state index contributed by atoms with van der Waals surface area (Å²) in [5.41, 5.74) is 6.70. The number of nitrogens with one attached hydrogen (secondary N) is 1. The third-order valence-electron chi connectivity index (χ3n) is 3.53. The van der Waals surface area contributed by atoms with E-state index in [1.54, 1.807) is 0 Å². The molecule has 0 aliphatic rings. The van der Waals surface area contributed by atoms with Crippen molar-refractivity contribution in [1.82, 2.24) is 5.32 Å². The molecule has 106 valence electrons. The topological polar surface area (TPSA) is 70.6 Å². The lowest BCUT2D eigenvalue weighted by atomic mass is 9.86. The summed E-state index contributed by atoms with van der Waals surface area (Å²) in [5.74, 6) is 0.295. The average Bonchev–Trinajstić information content (AvgIpc) is 2.43. The molecule has 1 aromatic carbocycles. The number of oxime groups is 1. The summed E-state index contributed by atoms with van der Waals surface area (Å²) in [6, 6.07) is 10.7. The standard InChI is InChI=1S/C15H25N3O/c1-12(13-8-5-4-6-9-13)17-11-7-10-15(2,3)14(16)18-19/h4-6,8-9,12,17,19H,7,10-11H2,1-3H3,(H2,16,18)/t12-/m1/s1. The van der Waals surface area contributed by atoms with Crippen LogP contribution in [0.15, 0.2) is 35.5 Å². The van der Waals surface area contributed by atoms with Gasteiger partial charge in [0.15, 0.2) is 0 Å². The quantitative estimate of drug-likeness (QED) is 0.233. The first-order chi connectivity index (χ1) is 8.97. The fourth-order valence-electron chi connectivity index (χ4n) is 1.97. The Balaban J connectivity index is 2.32. The van der Waals surface area contributed by atoms with Crippen molar-refractivity contribution in [2.45, 2.75) is 39.7 Å². The number of benzene rings is 1. The predicted molar refractivity (Wildman–Crippen MR) is 79.3 cm³/mol. The Morgan fingerprint density at radius 1 is 1.37 bits per heavy atom. The number of amidine groups is 1. The first-order valence-corrected chi connectivity index (χ1v) is 6.73. The zero-order valence-corrected chi connectivity index (χ0v) is 12.1. The molecule has 19 heavy (non-hydrogen) atoms. The van der Waals surface area contributed by atoms with Gasteiger partial charge < -0.3 is 16.3 Å². The minimum atomic E-state index is -0.258. The molecule has 4 nitrogen and oxygen atoms in total. The fraction of sp³-hybridized carbons (Fsp3) is 0.533. The predicted octanol–water partition coefficient (Wildman–Crippen LogP) is 2.89. The molecule has 0 fully saturated rings. The second kappa shape index (κ2) is 7.14. The highest BCUT2D eigenvalue weighted by Gasteiger charge is 2.22. The molecule has 0 spiro atoms. The lowest BCUT2D eigenvalue weighted by Gasteiger charge is -2.23. The van der Waals surface area contributed by atoms with E-state index < -0.39 is 0 Å². The molecule has 0 aromatic heterocycles. The maximum atomic E-state index is 8.71. The smallest absolute Gasteiger partial charge is 0.144 e. The second-order valence-electron chi connectivity index (χ2n) is 5.56. The number of nitrogens with zero attached hydrogens (tertiary/aromatic N) is 1. The normalized spacial score (nSPS) is 14.4. The van der Waals surface area contributed by atoms with E-state index in [1.165, 1.54) is 5.56 Å². The summed E-state index contributed by atoms with van der Waals surface area (Å²) in [5, 5.41) is 15.3. The van der Waals surface area contributed by atoms with Crippen molar-refractivity contribution in [3.8, 4) is 0 Å². The minimum absolute atomic E-state index is 0.258. The van der Waals surface area contributed by atoms with E-state index in [0.29, 0.717) is 11.9 Å². The Kier molecular flexibility index (Phi) is 5.83. The molecule has 0 bridgehead atoms. The van der Waals surface area contributed by atoms with Gasteiger partial charge in [-0.2, -0.15) is 0 Å². The molecule has 0 radical (unpaired) electrons. The molecule has 4 heteroatoms.